The Balaban J connectivity index is 1.68. The van der Waals surface area contributed by atoms with Gasteiger partial charge in [0.05, 0.1) is 11.9 Å². The molecule has 1 aliphatic rings. The van der Waals surface area contributed by atoms with Crippen molar-refractivity contribution in [1.29, 1.82) is 0 Å². The molecule has 3 aromatic rings. The summed E-state index contributed by atoms with van der Waals surface area (Å²) >= 11 is 0. The number of amides is 1. The van der Waals surface area contributed by atoms with E-state index in [2.05, 4.69) is 15.5 Å². The smallest absolute Gasteiger partial charge is 0.291 e. The van der Waals surface area contributed by atoms with Crippen LogP contribution < -0.4 is 5.32 Å². The Kier molecular flexibility index (Phi) is 3.08. The van der Waals surface area contributed by atoms with Crippen LogP contribution in [0, 0.1) is 13.8 Å². The van der Waals surface area contributed by atoms with Crippen molar-refractivity contribution in [2.75, 3.05) is 5.32 Å². The van der Waals surface area contributed by atoms with Gasteiger partial charge in [0.2, 0.25) is 0 Å². The van der Waals surface area contributed by atoms with Crippen molar-refractivity contribution >= 4 is 11.6 Å². The van der Waals surface area contributed by atoms with Gasteiger partial charge in [-0.15, -0.1) is 0 Å². The van der Waals surface area contributed by atoms with E-state index in [4.69, 9.17) is 4.42 Å². The van der Waals surface area contributed by atoms with Crippen LogP contribution in [0.2, 0.25) is 0 Å². The summed E-state index contributed by atoms with van der Waals surface area (Å²) in [7, 11) is 0. The standard InChI is InChI=1S/C18H17N3O2/c1-10-3-6-13(7-4-10)20-18(22)17-11(2)15-14(23-17)8-5-12-9-19-21-16(12)15/h3-4,6-7,9H,5,8H2,1-2H3,(H,19,21)(H,20,22). The minimum Gasteiger partial charge on any atom is -0.455 e. The van der Waals surface area contributed by atoms with Crippen LogP contribution in [-0.4, -0.2) is 16.1 Å². The molecule has 0 unspecified atom stereocenters. The second-order valence-electron chi connectivity index (χ2n) is 5.94. The highest BCUT2D eigenvalue weighted by atomic mass is 16.4. The molecule has 5 heteroatoms. The van der Waals surface area contributed by atoms with Gasteiger partial charge >= 0.3 is 0 Å². The summed E-state index contributed by atoms with van der Waals surface area (Å²) < 4.78 is 5.86. The third-order valence-electron chi connectivity index (χ3n) is 4.32. The topological polar surface area (TPSA) is 70.9 Å². The molecular formula is C18H17N3O2. The number of nitrogens with zero attached hydrogens (tertiary/aromatic N) is 1. The molecule has 2 heterocycles. The first-order chi connectivity index (χ1) is 11.1. The van der Waals surface area contributed by atoms with Gasteiger partial charge in [-0.25, -0.2) is 0 Å². The van der Waals surface area contributed by atoms with Crippen molar-refractivity contribution in [3.63, 3.8) is 0 Å². The third-order valence-corrected chi connectivity index (χ3v) is 4.32. The molecule has 0 fully saturated rings. The zero-order valence-corrected chi connectivity index (χ0v) is 13.1. The van der Waals surface area contributed by atoms with Crippen LogP contribution in [0.25, 0.3) is 11.3 Å². The Labute approximate surface area is 133 Å². The summed E-state index contributed by atoms with van der Waals surface area (Å²) in [5.74, 6) is 1.01. The van der Waals surface area contributed by atoms with Crippen molar-refractivity contribution in [3.8, 4) is 11.3 Å². The number of H-pyrrole nitrogens is 1. The van der Waals surface area contributed by atoms with Crippen LogP contribution in [0.4, 0.5) is 5.69 Å². The van der Waals surface area contributed by atoms with Gasteiger partial charge in [-0.2, -0.15) is 5.10 Å². The lowest BCUT2D eigenvalue weighted by Gasteiger charge is -2.09. The summed E-state index contributed by atoms with van der Waals surface area (Å²) in [4.78, 5) is 12.6. The highest BCUT2D eigenvalue weighted by molar-refractivity contribution is 6.04. The molecule has 0 saturated carbocycles. The quantitative estimate of drug-likeness (QED) is 0.759. The van der Waals surface area contributed by atoms with Crippen LogP contribution >= 0.6 is 0 Å². The van der Waals surface area contributed by atoms with Gasteiger partial charge < -0.3 is 9.73 Å². The number of anilines is 1. The normalized spacial score (nSPS) is 12.6. The summed E-state index contributed by atoms with van der Waals surface area (Å²) in [5, 5.41) is 10.0. The first-order valence-corrected chi connectivity index (χ1v) is 7.66. The summed E-state index contributed by atoms with van der Waals surface area (Å²) in [5.41, 5.74) is 5.90. The number of benzene rings is 1. The van der Waals surface area contributed by atoms with Crippen molar-refractivity contribution in [2.45, 2.75) is 26.7 Å². The Morgan fingerprint density at radius 1 is 1.22 bits per heavy atom. The first-order valence-electron chi connectivity index (χ1n) is 7.66. The van der Waals surface area contributed by atoms with E-state index in [1.165, 1.54) is 5.56 Å². The summed E-state index contributed by atoms with van der Waals surface area (Å²) in [6.45, 7) is 3.93. The molecule has 2 aromatic heterocycles. The number of carbonyl (C=O) groups excluding carboxylic acids is 1. The van der Waals surface area contributed by atoms with Gasteiger partial charge in [0.1, 0.15) is 5.76 Å². The number of hydrogen-bond donors (Lipinski definition) is 2. The summed E-state index contributed by atoms with van der Waals surface area (Å²) in [6, 6.07) is 7.70. The van der Waals surface area contributed by atoms with Crippen LogP contribution in [-0.2, 0) is 12.8 Å². The average molecular weight is 307 g/mol. The van der Waals surface area contributed by atoms with Gasteiger partial charge in [-0.3, -0.25) is 9.89 Å². The Hall–Kier alpha value is -2.82. The van der Waals surface area contributed by atoms with E-state index in [1.54, 1.807) is 0 Å². The number of aromatic amines is 1. The second-order valence-corrected chi connectivity index (χ2v) is 5.94. The molecule has 0 saturated heterocycles. The highest BCUT2D eigenvalue weighted by Crippen LogP contribution is 2.37. The van der Waals surface area contributed by atoms with Crippen molar-refractivity contribution in [2.24, 2.45) is 0 Å². The van der Waals surface area contributed by atoms with Crippen LogP contribution in [0.15, 0.2) is 34.9 Å². The molecule has 1 aromatic carbocycles. The molecule has 1 aliphatic carbocycles. The predicted molar refractivity (Wildman–Crippen MR) is 87.6 cm³/mol. The molecule has 23 heavy (non-hydrogen) atoms. The van der Waals surface area contributed by atoms with Gasteiger partial charge in [-0.1, -0.05) is 17.7 Å². The lowest BCUT2D eigenvalue weighted by Crippen LogP contribution is -2.12. The van der Waals surface area contributed by atoms with E-state index < -0.39 is 0 Å². The zero-order valence-electron chi connectivity index (χ0n) is 13.1. The average Bonchev–Trinajstić information content (AvgIpc) is 3.13. The third kappa shape index (κ3) is 2.25. The fraction of sp³-hybridized carbons (Fsp3) is 0.222. The first kappa shape index (κ1) is 13.8. The van der Waals surface area contributed by atoms with Gasteiger partial charge in [0, 0.05) is 23.2 Å². The lowest BCUT2D eigenvalue weighted by atomic mass is 9.93. The molecule has 0 atom stereocenters. The lowest BCUT2D eigenvalue weighted by molar-refractivity contribution is 0.0994. The van der Waals surface area contributed by atoms with E-state index in [9.17, 15) is 4.79 Å². The SMILES string of the molecule is Cc1ccc(NC(=O)c2oc3c(c2C)-c2[nH]ncc2CC3)cc1. The maximum atomic E-state index is 12.6. The molecule has 4 rings (SSSR count). The van der Waals surface area contributed by atoms with E-state index in [1.807, 2.05) is 44.3 Å². The minimum atomic E-state index is -0.221. The van der Waals surface area contributed by atoms with Crippen molar-refractivity contribution in [3.05, 3.63) is 58.7 Å². The Bertz CT molecular complexity index is 888. The Morgan fingerprint density at radius 2 is 2.00 bits per heavy atom. The van der Waals surface area contributed by atoms with Crippen LogP contribution in [0.3, 0.4) is 0 Å². The van der Waals surface area contributed by atoms with Crippen molar-refractivity contribution in [1.82, 2.24) is 10.2 Å². The highest BCUT2D eigenvalue weighted by Gasteiger charge is 2.28. The number of aryl methyl sites for hydroxylation is 3. The second kappa shape index (κ2) is 5.12. The molecule has 0 spiro atoms. The number of nitrogens with one attached hydrogen (secondary N) is 2. The molecule has 116 valence electrons. The molecule has 1 amide bonds. The fourth-order valence-electron chi connectivity index (χ4n) is 3.08. The number of aromatic nitrogens is 2. The van der Waals surface area contributed by atoms with E-state index in [0.29, 0.717) is 5.76 Å². The largest absolute Gasteiger partial charge is 0.455 e. The Morgan fingerprint density at radius 3 is 2.78 bits per heavy atom. The monoisotopic (exact) mass is 307 g/mol. The van der Waals surface area contributed by atoms with Crippen LogP contribution in [0.1, 0.15) is 33.0 Å². The molecule has 0 radical (unpaired) electrons. The molecule has 5 nitrogen and oxygen atoms in total. The number of rotatable bonds is 2. The number of hydrogen-bond acceptors (Lipinski definition) is 3. The van der Waals surface area contributed by atoms with Gasteiger partial charge in [0.15, 0.2) is 5.76 Å². The molecule has 0 bridgehead atoms. The minimum absolute atomic E-state index is 0.221. The number of carbonyl (C=O) groups is 1. The van der Waals surface area contributed by atoms with E-state index in [-0.39, 0.29) is 5.91 Å². The predicted octanol–water partition coefficient (Wildman–Crippen LogP) is 3.64. The van der Waals surface area contributed by atoms with Crippen LogP contribution in [0.5, 0.6) is 0 Å². The summed E-state index contributed by atoms with van der Waals surface area (Å²) in [6.07, 6.45) is 3.52. The van der Waals surface area contributed by atoms with Gasteiger partial charge in [0.25, 0.3) is 5.91 Å². The maximum Gasteiger partial charge on any atom is 0.291 e. The molecule has 2 N–H and O–H groups in total. The maximum absolute atomic E-state index is 12.6. The van der Waals surface area contributed by atoms with Gasteiger partial charge in [-0.05, 0) is 38.0 Å². The number of furan rings is 1. The number of fused-ring (bicyclic) bond motifs is 3. The molecular weight excluding hydrogens is 290 g/mol. The zero-order chi connectivity index (χ0) is 16.0. The fourth-order valence-corrected chi connectivity index (χ4v) is 3.08. The van der Waals surface area contributed by atoms with Crippen molar-refractivity contribution < 1.29 is 9.21 Å². The molecule has 0 aliphatic heterocycles. The van der Waals surface area contributed by atoms with E-state index in [0.717, 1.165) is 46.7 Å². The van der Waals surface area contributed by atoms with E-state index >= 15 is 0 Å².